The van der Waals surface area contributed by atoms with Gasteiger partial charge in [0.05, 0.1) is 11.7 Å². The van der Waals surface area contributed by atoms with E-state index in [1.54, 1.807) is 0 Å². The first-order valence-electron chi connectivity index (χ1n) is 6.42. The summed E-state index contributed by atoms with van der Waals surface area (Å²) in [5.74, 6) is 0. The summed E-state index contributed by atoms with van der Waals surface area (Å²) in [5.41, 5.74) is 1.91. The normalized spacial score (nSPS) is 43.5. The number of hydrogen-bond acceptors (Lipinski definition) is 1. The molecule has 1 fully saturated rings. The van der Waals surface area contributed by atoms with Crippen LogP contribution < -0.4 is 0 Å². The largest absolute Gasteiger partial charge is 0.366 e. The Labute approximate surface area is 99.6 Å². The van der Waals surface area contributed by atoms with Crippen LogP contribution in [-0.2, 0) is 4.74 Å². The van der Waals surface area contributed by atoms with Crippen LogP contribution in [0, 0.1) is 5.41 Å². The molecule has 2 unspecified atom stereocenters. The maximum absolute atomic E-state index is 5.88. The van der Waals surface area contributed by atoms with E-state index in [-0.39, 0.29) is 11.0 Å². The van der Waals surface area contributed by atoms with Crippen molar-refractivity contribution >= 4 is 0 Å². The average molecular weight is 220 g/mol. The first kappa shape index (κ1) is 11.9. The highest BCUT2D eigenvalue weighted by Crippen LogP contribution is 2.46. The Morgan fingerprint density at radius 3 is 2.81 bits per heavy atom. The topological polar surface area (TPSA) is 12.5 Å². The van der Waals surface area contributed by atoms with E-state index in [4.69, 9.17) is 4.74 Å². The van der Waals surface area contributed by atoms with Gasteiger partial charge in [-0.1, -0.05) is 37.6 Å². The SMILES string of the molecule is C/C1=C\CCC2(C)OC2CC(C)(C)/C=C/C1. The molecule has 0 radical (unpaired) electrons. The van der Waals surface area contributed by atoms with Crippen LogP contribution in [0.1, 0.15) is 53.4 Å². The molecule has 2 atom stereocenters. The predicted octanol–water partition coefficient (Wildman–Crippen LogP) is 4.25. The zero-order chi connectivity index (χ0) is 11.8. The number of epoxide rings is 1. The molecular formula is C15H24O. The summed E-state index contributed by atoms with van der Waals surface area (Å²) in [6.45, 7) is 9.10. The summed E-state index contributed by atoms with van der Waals surface area (Å²) in [6, 6.07) is 0. The van der Waals surface area contributed by atoms with Crippen LogP contribution in [-0.4, -0.2) is 11.7 Å². The Balaban J connectivity index is 2.11. The molecule has 1 aliphatic carbocycles. The van der Waals surface area contributed by atoms with Crippen LogP contribution in [0.3, 0.4) is 0 Å². The van der Waals surface area contributed by atoms with Gasteiger partial charge in [0.1, 0.15) is 0 Å². The summed E-state index contributed by atoms with van der Waals surface area (Å²) in [5, 5.41) is 0. The van der Waals surface area contributed by atoms with Gasteiger partial charge in [0.25, 0.3) is 0 Å². The first-order chi connectivity index (χ1) is 7.41. The fourth-order valence-electron chi connectivity index (χ4n) is 2.57. The highest BCUT2D eigenvalue weighted by atomic mass is 16.6. The van der Waals surface area contributed by atoms with Gasteiger partial charge in [0, 0.05) is 0 Å². The zero-order valence-electron chi connectivity index (χ0n) is 11.0. The van der Waals surface area contributed by atoms with E-state index in [9.17, 15) is 0 Å². The van der Waals surface area contributed by atoms with Gasteiger partial charge < -0.3 is 4.74 Å². The molecule has 2 rings (SSSR count). The molecule has 0 spiro atoms. The van der Waals surface area contributed by atoms with E-state index >= 15 is 0 Å². The van der Waals surface area contributed by atoms with Crippen LogP contribution in [0.25, 0.3) is 0 Å². The van der Waals surface area contributed by atoms with Crippen LogP contribution in [0.2, 0.25) is 0 Å². The Morgan fingerprint density at radius 1 is 1.31 bits per heavy atom. The highest BCUT2D eigenvalue weighted by Gasteiger charge is 2.52. The first-order valence-corrected chi connectivity index (χ1v) is 6.42. The predicted molar refractivity (Wildman–Crippen MR) is 68.4 cm³/mol. The monoisotopic (exact) mass is 220 g/mol. The Morgan fingerprint density at radius 2 is 2.06 bits per heavy atom. The van der Waals surface area contributed by atoms with Crippen LogP contribution in [0.15, 0.2) is 23.8 Å². The number of rotatable bonds is 0. The smallest absolute Gasteiger partial charge is 0.0923 e. The van der Waals surface area contributed by atoms with Crippen molar-refractivity contribution in [2.45, 2.75) is 65.1 Å². The van der Waals surface area contributed by atoms with Crippen LogP contribution in [0.4, 0.5) is 0 Å². The molecule has 0 saturated carbocycles. The van der Waals surface area contributed by atoms with Gasteiger partial charge in [-0.15, -0.1) is 0 Å². The molecule has 0 amide bonds. The third kappa shape index (κ3) is 2.76. The van der Waals surface area contributed by atoms with Gasteiger partial charge in [-0.2, -0.15) is 0 Å². The third-order valence-corrected chi connectivity index (χ3v) is 3.89. The van der Waals surface area contributed by atoms with Gasteiger partial charge in [-0.05, 0) is 44.9 Å². The van der Waals surface area contributed by atoms with Gasteiger partial charge in [0.15, 0.2) is 0 Å². The summed E-state index contributed by atoms with van der Waals surface area (Å²) >= 11 is 0. The molecule has 0 N–H and O–H groups in total. The van der Waals surface area contributed by atoms with Crippen molar-refractivity contribution in [3.8, 4) is 0 Å². The zero-order valence-corrected chi connectivity index (χ0v) is 11.0. The minimum atomic E-state index is 0.159. The summed E-state index contributed by atoms with van der Waals surface area (Å²) in [4.78, 5) is 0. The Bertz CT molecular complexity index is 324. The molecule has 2 aliphatic rings. The van der Waals surface area contributed by atoms with Crippen LogP contribution >= 0.6 is 0 Å². The lowest BCUT2D eigenvalue weighted by molar-refractivity contribution is 0.280. The quantitative estimate of drug-likeness (QED) is 0.439. The lowest BCUT2D eigenvalue weighted by atomic mass is 9.84. The molecule has 1 heteroatoms. The number of fused-ring (bicyclic) bond motifs is 1. The minimum Gasteiger partial charge on any atom is -0.366 e. The Kier molecular flexibility index (Phi) is 3.00. The number of hydrogen-bond donors (Lipinski definition) is 0. The molecule has 0 aromatic heterocycles. The fourth-order valence-corrected chi connectivity index (χ4v) is 2.57. The lowest BCUT2D eigenvalue weighted by Crippen LogP contribution is -2.16. The van der Waals surface area contributed by atoms with Crippen molar-refractivity contribution in [1.82, 2.24) is 0 Å². The van der Waals surface area contributed by atoms with E-state index in [2.05, 4.69) is 45.9 Å². The molecule has 16 heavy (non-hydrogen) atoms. The van der Waals surface area contributed by atoms with Crippen molar-refractivity contribution < 1.29 is 4.74 Å². The van der Waals surface area contributed by atoms with E-state index in [0.29, 0.717) is 6.10 Å². The molecule has 1 saturated heterocycles. The van der Waals surface area contributed by atoms with Crippen molar-refractivity contribution in [2.24, 2.45) is 5.41 Å². The molecule has 1 heterocycles. The third-order valence-electron chi connectivity index (χ3n) is 3.89. The highest BCUT2D eigenvalue weighted by molar-refractivity contribution is 5.12. The summed E-state index contributed by atoms with van der Waals surface area (Å²) in [7, 11) is 0. The van der Waals surface area contributed by atoms with Crippen molar-refractivity contribution in [2.75, 3.05) is 0 Å². The second-order valence-electron chi connectivity index (χ2n) is 6.31. The molecule has 1 aliphatic heterocycles. The fraction of sp³-hybridized carbons (Fsp3) is 0.733. The van der Waals surface area contributed by atoms with Crippen molar-refractivity contribution in [1.29, 1.82) is 0 Å². The van der Waals surface area contributed by atoms with E-state index in [1.165, 1.54) is 12.0 Å². The van der Waals surface area contributed by atoms with Crippen molar-refractivity contribution in [3.63, 3.8) is 0 Å². The maximum Gasteiger partial charge on any atom is 0.0923 e. The second kappa shape index (κ2) is 4.03. The molecule has 1 nitrogen and oxygen atoms in total. The summed E-state index contributed by atoms with van der Waals surface area (Å²) < 4.78 is 5.88. The van der Waals surface area contributed by atoms with E-state index in [0.717, 1.165) is 19.3 Å². The summed E-state index contributed by atoms with van der Waals surface area (Å²) in [6.07, 6.45) is 12.1. The van der Waals surface area contributed by atoms with Gasteiger partial charge in [-0.3, -0.25) is 0 Å². The van der Waals surface area contributed by atoms with E-state index in [1.807, 2.05) is 0 Å². The molecular weight excluding hydrogens is 196 g/mol. The average Bonchev–Trinajstić information content (AvgIpc) is 2.73. The molecule has 90 valence electrons. The standard InChI is InChI=1S/C15H24O/c1-12-7-5-9-14(2,3)11-13-15(4,16-13)10-6-8-12/h5,8-9,13H,6-7,10-11H2,1-4H3/b9-5+,12-8+. The molecule has 0 aromatic rings. The van der Waals surface area contributed by atoms with E-state index < -0.39 is 0 Å². The molecule has 0 aromatic carbocycles. The number of ether oxygens (including phenoxy) is 1. The molecule has 0 bridgehead atoms. The van der Waals surface area contributed by atoms with Gasteiger partial charge >= 0.3 is 0 Å². The van der Waals surface area contributed by atoms with Crippen molar-refractivity contribution in [3.05, 3.63) is 23.8 Å². The van der Waals surface area contributed by atoms with Crippen LogP contribution in [0.5, 0.6) is 0 Å². The Hall–Kier alpha value is -0.560. The number of allylic oxidation sites excluding steroid dienone is 4. The second-order valence-corrected chi connectivity index (χ2v) is 6.31. The van der Waals surface area contributed by atoms with Gasteiger partial charge in [0.2, 0.25) is 0 Å². The minimum absolute atomic E-state index is 0.159. The van der Waals surface area contributed by atoms with Gasteiger partial charge in [-0.25, -0.2) is 0 Å². The lowest BCUT2D eigenvalue weighted by Gasteiger charge is -2.19. The maximum atomic E-state index is 5.88.